The third-order valence-electron chi connectivity index (χ3n) is 3.54. The lowest BCUT2D eigenvalue weighted by atomic mass is 9.87. The normalized spacial score (nSPS) is 26.6. The molecule has 2 nitrogen and oxygen atoms in total. The minimum absolute atomic E-state index is 0.778. The van der Waals surface area contributed by atoms with Gasteiger partial charge in [-0.3, -0.25) is 0 Å². The molecule has 0 aromatic carbocycles. The maximum atomic E-state index is 3.71. The summed E-state index contributed by atoms with van der Waals surface area (Å²) in [5, 5.41) is 3.71. The van der Waals surface area contributed by atoms with Gasteiger partial charge in [0, 0.05) is 25.7 Å². The van der Waals surface area contributed by atoms with Crippen LogP contribution in [0.25, 0.3) is 0 Å². The van der Waals surface area contributed by atoms with Crippen molar-refractivity contribution in [2.45, 2.75) is 52.5 Å². The van der Waals surface area contributed by atoms with Gasteiger partial charge >= 0.3 is 0 Å². The molecular weight excluding hydrogens is 196 g/mol. The van der Waals surface area contributed by atoms with Gasteiger partial charge in [-0.25, -0.2) is 0 Å². The molecule has 2 unspecified atom stereocenters. The maximum absolute atomic E-state index is 3.71. The summed E-state index contributed by atoms with van der Waals surface area (Å²) in [5.41, 5.74) is 0. The van der Waals surface area contributed by atoms with E-state index in [1.807, 2.05) is 0 Å². The lowest BCUT2D eigenvalue weighted by molar-refractivity contribution is 0.264. The molecule has 0 aromatic rings. The van der Waals surface area contributed by atoms with Crippen LogP contribution < -0.4 is 5.32 Å². The lowest BCUT2D eigenvalue weighted by Crippen LogP contribution is -2.39. The molecule has 1 rings (SSSR count). The highest BCUT2D eigenvalue weighted by atomic mass is 15.1. The molecule has 0 radical (unpaired) electrons. The molecule has 0 saturated heterocycles. The summed E-state index contributed by atoms with van der Waals surface area (Å²) in [6.45, 7) is 10.5. The Labute approximate surface area is 102 Å². The number of hydrogen-bond donors (Lipinski definition) is 1. The zero-order valence-corrected chi connectivity index (χ0v) is 11.6. The fourth-order valence-corrected chi connectivity index (χ4v) is 2.79. The molecule has 1 aliphatic carbocycles. The first-order valence-corrected chi connectivity index (χ1v) is 7.00. The first-order valence-electron chi connectivity index (χ1n) is 7.00. The van der Waals surface area contributed by atoms with Gasteiger partial charge in [0.2, 0.25) is 0 Å². The maximum Gasteiger partial charge on any atom is 0.0104 e. The number of hydrogen-bond acceptors (Lipinski definition) is 2. The summed E-state index contributed by atoms with van der Waals surface area (Å²) in [4.78, 5) is 2.43. The molecule has 96 valence electrons. The van der Waals surface area contributed by atoms with E-state index in [1.54, 1.807) is 0 Å². The highest BCUT2D eigenvalue weighted by Gasteiger charge is 2.17. The highest BCUT2D eigenvalue weighted by Crippen LogP contribution is 2.23. The summed E-state index contributed by atoms with van der Waals surface area (Å²) in [6, 6.07) is 0.788. The first kappa shape index (κ1) is 14.0. The van der Waals surface area contributed by atoms with E-state index in [2.05, 4.69) is 38.0 Å². The third kappa shape index (κ3) is 5.86. The molecule has 0 heterocycles. The largest absolute Gasteiger partial charge is 0.313 e. The Morgan fingerprint density at radius 2 is 2.06 bits per heavy atom. The van der Waals surface area contributed by atoms with E-state index < -0.39 is 0 Å². The Morgan fingerprint density at radius 3 is 2.69 bits per heavy atom. The second-order valence-electron chi connectivity index (χ2n) is 6.08. The minimum Gasteiger partial charge on any atom is -0.313 e. The van der Waals surface area contributed by atoms with Crippen molar-refractivity contribution in [1.29, 1.82) is 0 Å². The second kappa shape index (κ2) is 7.29. The summed E-state index contributed by atoms with van der Waals surface area (Å²) < 4.78 is 0. The SMILES string of the molecule is CC(C)CN(C)CCNC1CCCC(C)C1. The van der Waals surface area contributed by atoms with Gasteiger partial charge in [-0.15, -0.1) is 0 Å². The van der Waals surface area contributed by atoms with Gasteiger partial charge < -0.3 is 10.2 Å². The molecule has 0 aliphatic heterocycles. The molecule has 1 N–H and O–H groups in total. The quantitative estimate of drug-likeness (QED) is 0.749. The van der Waals surface area contributed by atoms with Crippen LogP contribution in [0.15, 0.2) is 0 Å². The summed E-state index contributed by atoms with van der Waals surface area (Å²) in [5.74, 6) is 1.71. The molecule has 2 heteroatoms. The topological polar surface area (TPSA) is 15.3 Å². The van der Waals surface area contributed by atoms with Gasteiger partial charge in [0.1, 0.15) is 0 Å². The molecule has 1 aliphatic rings. The predicted octanol–water partition coefficient (Wildman–Crippen LogP) is 2.74. The Kier molecular flexibility index (Phi) is 6.37. The molecule has 0 amide bonds. The minimum atomic E-state index is 0.778. The van der Waals surface area contributed by atoms with Crippen molar-refractivity contribution in [1.82, 2.24) is 10.2 Å². The van der Waals surface area contributed by atoms with E-state index in [9.17, 15) is 0 Å². The van der Waals surface area contributed by atoms with E-state index in [1.165, 1.54) is 38.8 Å². The predicted molar refractivity (Wildman–Crippen MR) is 71.8 cm³/mol. The van der Waals surface area contributed by atoms with Crippen LogP contribution in [-0.2, 0) is 0 Å². The van der Waals surface area contributed by atoms with Crippen LogP contribution in [0.1, 0.15) is 46.5 Å². The van der Waals surface area contributed by atoms with E-state index in [0.29, 0.717) is 0 Å². The van der Waals surface area contributed by atoms with Crippen molar-refractivity contribution >= 4 is 0 Å². The van der Waals surface area contributed by atoms with Crippen LogP contribution in [0.5, 0.6) is 0 Å². The standard InChI is InChI=1S/C14H30N2/c1-12(2)11-16(4)9-8-15-14-7-5-6-13(3)10-14/h12-15H,5-11H2,1-4H3. The summed E-state index contributed by atoms with van der Waals surface area (Å²) in [6.07, 6.45) is 5.62. The van der Waals surface area contributed by atoms with Gasteiger partial charge in [-0.2, -0.15) is 0 Å². The zero-order valence-electron chi connectivity index (χ0n) is 11.6. The van der Waals surface area contributed by atoms with Crippen LogP contribution in [0, 0.1) is 11.8 Å². The molecular formula is C14H30N2. The first-order chi connectivity index (χ1) is 7.58. The van der Waals surface area contributed by atoms with Crippen molar-refractivity contribution in [3.8, 4) is 0 Å². The van der Waals surface area contributed by atoms with Gasteiger partial charge in [0.25, 0.3) is 0 Å². The third-order valence-corrected chi connectivity index (χ3v) is 3.54. The van der Waals surface area contributed by atoms with Crippen molar-refractivity contribution in [2.24, 2.45) is 11.8 Å². The monoisotopic (exact) mass is 226 g/mol. The average Bonchev–Trinajstić information content (AvgIpc) is 2.16. The average molecular weight is 226 g/mol. The Balaban J connectivity index is 2.05. The van der Waals surface area contributed by atoms with E-state index in [4.69, 9.17) is 0 Å². The van der Waals surface area contributed by atoms with Crippen molar-refractivity contribution in [2.75, 3.05) is 26.7 Å². The molecule has 1 fully saturated rings. The number of likely N-dealkylation sites (N-methyl/N-ethyl adjacent to an activating group) is 1. The smallest absolute Gasteiger partial charge is 0.0104 e. The van der Waals surface area contributed by atoms with Gasteiger partial charge in [0.05, 0.1) is 0 Å². The zero-order chi connectivity index (χ0) is 12.0. The summed E-state index contributed by atoms with van der Waals surface area (Å²) in [7, 11) is 2.23. The second-order valence-corrected chi connectivity index (χ2v) is 6.08. The lowest BCUT2D eigenvalue weighted by Gasteiger charge is -2.28. The van der Waals surface area contributed by atoms with Gasteiger partial charge in [-0.1, -0.05) is 33.6 Å². The van der Waals surface area contributed by atoms with Crippen LogP contribution in [-0.4, -0.2) is 37.6 Å². The van der Waals surface area contributed by atoms with Gasteiger partial charge in [-0.05, 0) is 31.7 Å². The van der Waals surface area contributed by atoms with Crippen LogP contribution in [0.2, 0.25) is 0 Å². The molecule has 2 atom stereocenters. The van der Waals surface area contributed by atoms with Crippen LogP contribution in [0.3, 0.4) is 0 Å². The fourth-order valence-electron chi connectivity index (χ4n) is 2.79. The number of rotatable bonds is 6. The van der Waals surface area contributed by atoms with E-state index in [0.717, 1.165) is 24.4 Å². The van der Waals surface area contributed by atoms with E-state index >= 15 is 0 Å². The molecule has 0 aromatic heterocycles. The number of nitrogens with zero attached hydrogens (tertiary/aromatic N) is 1. The molecule has 0 spiro atoms. The Bertz CT molecular complexity index is 180. The van der Waals surface area contributed by atoms with E-state index in [-0.39, 0.29) is 0 Å². The van der Waals surface area contributed by atoms with Crippen LogP contribution >= 0.6 is 0 Å². The molecule has 0 bridgehead atoms. The van der Waals surface area contributed by atoms with Crippen molar-refractivity contribution < 1.29 is 0 Å². The number of nitrogens with one attached hydrogen (secondary N) is 1. The van der Waals surface area contributed by atoms with Gasteiger partial charge in [0.15, 0.2) is 0 Å². The molecule has 16 heavy (non-hydrogen) atoms. The van der Waals surface area contributed by atoms with Crippen molar-refractivity contribution in [3.05, 3.63) is 0 Å². The summed E-state index contributed by atoms with van der Waals surface area (Å²) >= 11 is 0. The highest BCUT2D eigenvalue weighted by molar-refractivity contribution is 4.76. The van der Waals surface area contributed by atoms with Crippen molar-refractivity contribution in [3.63, 3.8) is 0 Å². The fraction of sp³-hybridized carbons (Fsp3) is 1.00. The van der Waals surface area contributed by atoms with Crippen LogP contribution in [0.4, 0.5) is 0 Å². The Morgan fingerprint density at radius 1 is 1.31 bits per heavy atom. The molecule has 1 saturated carbocycles. The Hall–Kier alpha value is -0.0800.